The molecule has 1 saturated carbocycles. The van der Waals surface area contributed by atoms with E-state index in [4.69, 9.17) is 10.5 Å². The minimum absolute atomic E-state index is 0.207. The fourth-order valence-electron chi connectivity index (χ4n) is 3.39. The van der Waals surface area contributed by atoms with Gasteiger partial charge in [0.2, 0.25) is 0 Å². The molecule has 2 aromatic rings. The standard InChI is InChI=1S/C19H21FN2O3/c1-11-17(19(21)24)18(12-3-5-13(20)6-4-12)15(9-10-16(23)25-2)22(11)14-7-8-14/h3-6,14H,7-10H2,1-2H3,(H2,21,24). The number of halogens is 1. The van der Waals surface area contributed by atoms with E-state index in [1.165, 1.54) is 19.2 Å². The number of carbonyl (C=O) groups is 2. The molecule has 1 aliphatic carbocycles. The van der Waals surface area contributed by atoms with Gasteiger partial charge in [-0.1, -0.05) is 12.1 Å². The number of aromatic nitrogens is 1. The fourth-order valence-corrected chi connectivity index (χ4v) is 3.39. The summed E-state index contributed by atoms with van der Waals surface area (Å²) in [5.41, 5.74) is 9.19. The quantitative estimate of drug-likeness (QED) is 0.818. The molecule has 1 heterocycles. The molecule has 2 N–H and O–H groups in total. The molecule has 0 atom stereocenters. The average molecular weight is 344 g/mol. The van der Waals surface area contributed by atoms with Gasteiger partial charge in [-0.3, -0.25) is 9.59 Å². The van der Waals surface area contributed by atoms with Gasteiger partial charge in [0.25, 0.3) is 5.91 Å². The first-order valence-electron chi connectivity index (χ1n) is 8.30. The molecule has 0 aliphatic heterocycles. The van der Waals surface area contributed by atoms with Gasteiger partial charge in [-0.05, 0) is 43.9 Å². The molecule has 25 heavy (non-hydrogen) atoms. The number of amides is 1. The van der Waals surface area contributed by atoms with Gasteiger partial charge in [0.15, 0.2) is 0 Å². The van der Waals surface area contributed by atoms with E-state index >= 15 is 0 Å². The Morgan fingerprint density at radius 3 is 2.44 bits per heavy atom. The highest BCUT2D eigenvalue weighted by Gasteiger charge is 2.33. The third kappa shape index (κ3) is 3.29. The molecule has 0 bridgehead atoms. The van der Waals surface area contributed by atoms with E-state index in [9.17, 15) is 14.0 Å². The van der Waals surface area contributed by atoms with Crippen LogP contribution in [0, 0.1) is 12.7 Å². The minimum Gasteiger partial charge on any atom is -0.469 e. The van der Waals surface area contributed by atoms with Crippen molar-refractivity contribution in [1.82, 2.24) is 4.57 Å². The highest BCUT2D eigenvalue weighted by atomic mass is 19.1. The Morgan fingerprint density at radius 1 is 1.28 bits per heavy atom. The first kappa shape index (κ1) is 17.2. The number of hydrogen-bond donors (Lipinski definition) is 1. The van der Waals surface area contributed by atoms with Crippen LogP contribution in [0.15, 0.2) is 24.3 Å². The van der Waals surface area contributed by atoms with Crippen molar-refractivity contribution in [2.75, 3.05) is 7.11 Å². The van der Waals surface area contributed by atoms with E-state index in [0.29, 0.717) is 23.6 Å². The maximum atomic E-state index is 13.3. The summed E-state index contributed by atoms with van der Waals surface area (Å²) in [7, 11) is 1.35. The van der Waals surface area contributed by atoms with Crippen LogP contribution >= 0.6 is 0 Å². The van der Waals surface area contributed by atoms with Crippen molar-refractivity contribution in [3.63, 3.8) is 0 Å². The normalized spacial score (nSPS) is 13.7. The molecule has 6 heteroatoms. The number of ether oxygens (including phenoxy) is 1. The second kappa shape index (κ2) is 6.70. The number of esters is 1. The summed E-state index contributed by atoms with van der Waals surface area (Å²) in [6, 6.07) is 6.30. The monoisotopic (exact) mass is 344 g/mol. The topological polar surface area (TPSA) is 74.3 Å². The number of rotatable bonds is 6. The van der Waals surface area contributed by atoms with E-state index in [1.807, 2.05) is 6.92 Å². The summed E-state index contributed by atoms with van der Waals surface area (Å²) in [5.74, 6) is -1.18. The van der Waals surface area contributed by atoms with Gasteiger partial charge < -0.3 is 15.0 Å². The number of carbonyl (C=O) groups excluding carboxylic acids is 2. The van der Waals surface area contributed by atoms with Crippen molar-refractivity contribution in [2.24, 2.45) is 5.73 Å². The highest BCUT2D eigenvalue weighted by Crippen LogP contribution is 2.43. The number of nitrogens with two attached hydrogens (primary N) is 1. The van der Waals surface area contributed by atoms with Crippen molar-refractivity contribution in [2.45, 2.75) is 38.6 Å². The molecule has 0 unspecified atom stereocenters. The first-order valence-corrected chi connectivity index (χ1v) is 8.30. The molecule has 0 spiro atoms. The van der Waals surface area contributed by atoms with Gasteiger partial charge in [-0.2, -0.15) is 0 Å². The Balaban J connectivity index is 2.18. The average Bonchev–Trinajstić information content (AvgIpc) is 3.37. The Morgan fingerprint density at radius 2 is 1.92 bits per heavy atom. The maximum absolute atomic E-state index is 13.3. The Hall–Kier alpha value is -2.63. The molecule has 5 nitrogen and oxygen atoms in total. The number of methoxy groups -OCH3 is 1. The van der Waals surface area contributed by atoms with Crippen LogP contribution in [-0.4, -0.2) is 23.6 Å². The molecular weight excluding hydrogens is 323 g/mol. The van der Waals surface area contributed by atoms with Gasteiger partial charge in [-0.15, -0.1) is 0 Å². The molecule has 1 aromatic heterocycles. The Kier molecular flexibility index (Phi) is 4.61. The van der Waals surface area contributed by atoms with Crippen LogP contribution in [-0.2, 0) is 16.0 Å². The van der Waals surface area contributed by atoms with E-state index in [0.717, 1.165) is 29.8 Å². The van der Waals surface area contributed by atoms with Crippen molar-refractivity contribution in [3.05, 3.63) is 47.0 Å². The number of primary amides is 1. The third-order valence-corrected chi connectivity index (χ3v) is 4.64. The zero-order chi connectivity index (χ0) is 18.1. The molecular formula is C19H21FN2O3. The Labute approximate surface area is 145 Å². The lowest BCUT2D eigenvalue weighted by molar-refractivity contribution is -0.140. The van der Waals surface area contributed by atoms with E-state index < -0.39 is 5.91 Å². The van der Waals surface area contributed by atoms with Crippen LogP contribution in [0.25, 0.3) is 11.1 Å². The molecule has 0 saturated heterocycles. The van der Waals surface area contributed by atoms with Crippen LogP contribution in [0.4, 0.5) is 4.39 Å². The molecule has 3 rings (SSSR count). The number of benzene rings is 1. The van der Waals surface area contributed by atoms with Crippen LogP contribution < -0.4 is 5.73 Å². The van der Waals surface area contributed by atoms with Crippen molar-refractivity contribution < 1.29 is 18.7 Å². The van der Waals surface area contributed by atoms with Gasteiger partial charge in [-0.25, -0.2) is 4.39 Å². The zero-order valence-corrected chi connectivity index (χ0v) is 14.3. The maximum Gasteiger partial charge on any atom is 0.305 e. The predicted molar refractivity (Wildman–Crippen MR) is 91.7 cm³/mol. The van der Waals surface area contributed by atoms with E-state index in [-0.39, 0.29) is 18.2 Å². The number of nitrogens with zero attached hydrogens (tertiary/aromatic N) is 1. The van der Waals surface area contributed by atoms with Gasteiger partial charge in [0.05, 0.1) is 19.1 Å². The lowest BCUT2D eigenvalue weighted by Crippen LogP contribution is -2.13. The molecule has 1 fully saturated rings. The lowest BCUT2D eigenvalue weighted by atomic mass is 9.98. The molecule has 1 aromatic carbocycles. The second-order valence-electron chi connectivity index (χ2n) is 6.33. The van der Waals surface area contributed by atoms with Crippen LogP contribution in [0.2, 0.25) is 0 Å². The zero-order valence-electron chi connectivity index (χ0n) is 14.3. The summed E-state index contributed by atoms with van der Waals surface area (Å²) in [4.78, 5) is 23.8. The van der Waals surface area contributed by atoms with Crippen LogP contribution in [0.1, 0.15) is 47.1 Å². The fraction of sp³-hybridized carbons (Fsp3) is 0.368. The van der Waals surface area contributed by atoms with Gasteiger partial charge in [0.1, 0.15) is 5.82 Å². The first-order chi connectivity index (χ1) is 11.9. The predicted octanol–water partition coefficient (Wildman–Crippen LogP) is 3.14. The summed E-state index contributed by atoms with van der Waals surface area (Å²) < 4.78 is 20.2. The summed E-state index contributed by atoms with van der Waals surface area (Å²) in [5, 5.41) is 0. The summed E-state index contributed by atoms with van der Waals surface area (Å²) >= 11 is 0. The van der Waals surface area contributed by atoms with Crippen LogP contribution in [0.5, 0.6) is 0 Å². The number of hydrogen-bond acceptors (Lipinski definition) is 3. The van der Waals surface area contributed by atoms with Gasteiger partial charge >= 0.3 is 5.97 Å². The largest absolute Gasteiger partial charge is 0.469 e. The summed E-state index contributed by atoms with van der Waals surface area (Å²) in [6.45, 7) is 1.87. The molecule has 0 radical (unpaired) electrons. The minimum atomic E-state index is -0.518. The third-order valence-electron chi connectivity index (χ3n) is 4.64. The van der Waals surface area contributed by atoms with Gasteiger partial charge in [0, 0.05) is 23.0 Å². The van der Waals surface area contributed by atoms with Crippen LogP contribution in [0.3, 0.4) is 0 Å². The van der Waals surface area contributed by atoms with Crippen molar-refractivity contribution >= 4 is 11.9 Å². The Bertz CT molecular complexity index is 820. The summed E-state index contributed by atoms with van der Waals surface area (Å²) in [6.07, 6.45) is 2.70. The molecule has 1 amide bonds. The van der Waals surface area contributed by atoms with Crippen molar-refractivity contribution in [3.8, 4) is 11.1 Å². The van der Waals surface area contributed by atoms with E-state index in [2.05, 4.69) is 4.57 Å². The van der Waals surface area contributed by atoms with E-state index in [1.54, 1.807) is 12.1 Å². The smallest absolute Gasteiger partial charge is 0.305 e. The van der Waals surface area contributed by atoms with Crippen molar-refractivity contribution in [1.29, 1.82) is 0 Å². The second-order valence-corrected chi connectivity index (χ2v) is 6.33. The lowest BCUT2D eigenvalue weighted by Gasteiger charge is -2.12. The molecule has 1 aliphatic rings. The molecule has 132 valence electrons. The SMILES string of the molecule is COC(=O)CCc1c(-c2ccc(F)cc2)c(C(N)=O)c(C)n1C1CC1. The highest BCUT2D eigenvalue weighted by molar-refractivity contribution is 6.02.